The van der Waals surface area contributed by atoms with E-state index in [9.17, 15) is 4.39 Å². The maximum absolute atomic E-state index is 13.3. The van der Waals surface area contributed by atoms with Gasteiger partial charge in [-0.2, -0.15) is 0 Å². The number of aromatic nitrogens is 2. The maximum atomic E-state index is 13.3. The third-order valence-corrected chi connectivity index (χ3v) is 3.81. The molecule has 0 amide bonds. The van der Waals surface area contributed by atoms with Gasteiger partial charge in [0.25, 0.3) is 0 Å². The summed E-state index contributed by atoms with van der Waals surface area (Å²) in [6.07, 6.45) is 5.58. The summed E-state index contributed by atoms with van der Waals surface area (Å²) in [4.78, 5) is 4.42. The SMILES string of the molecule is CCCNC(Cc1nccn1CC)c1ccc(F)c(Cl)c1. The van der Waals surface area contributed by atoms with Crippen LogP contribution in [0.1, 0.15) is 37.7 Å². The molecule has 0 aliphatic heterocycles. The molecule has 0 saturated heterocycles. The van der Waals surface area contributed by atoms with Crippen LogP contribution < -0.4 is 5.32 Å². The van der Waals surface area contributed by atoms with Crippen LogP contribution in [0, 0.1) is 5.82 Å². The fourth-order valence-corrected chi connectivity index (χ4v) is 2.55. The second kappa shape index (κ2) is 7.57. The number of rotatable bonds is 7. The highest BCUT2D eigenvalue weighted by atomic mass is 35.5. The van der Waals surface area contributed by atoms with Gasteiger partial charge >= 0.3 is 0 Å². The number of nitrogens with one attached hydrogen (secondary N) is 1. The first kappa shape index (κ1) is 16.0. The molecule has 1 atom stereocenters. The molecule has 1 unspecified atom stereocenters. The Morgan fingerprint density at radius 2 is 2.19 bits per heavy atom. The summed E-state index contributed by atoms with van der Waals surface area (Å²) in [6.45, 7) is 6.00. The summed E-state index contributed by atoms with van der Waals surface area (Å²) in [6, 6.07) is 4.98. The van der Waals surface area contributed by atoms with E-state index < -0.39 is 0 Å². The molecule has 0 spiro atoms. The maximum Gasteiger partial charge on any atom is 0.141 e. The molecule has 1 heterocycles. The molecule has 2 aromatic rings. The lowest BCUT2D eigenvalue weighted by Crippen LogP contribution is -2.25. The standard InChI is InChI=1S/C16H21ClFN3/c1-3-7-19-15(11-16-20-8-9-21(16)4-2)12-5-6-14(18)13(17)10-12/h5-6,8-10,15,19H,3-4,7,11H2,1-2H3. The Labute approximate surface area is 130 Å². The molecule has 2 rings (SSSR count). The largest absolute Gasteiger partial charge is 0.335 e. The Bertz CT molecular complexity index is 583. The number of halogens is 2. The van der Waals surface area contributed by atoms with Crippen LogP contribution in [0.3, 0.4) is 0 Å². The lowest BCUT2D eigenvalue weighted by molar-refractivity contribution is 0.505. The molecule has 0 aliphatic carbocycles. The molecule has 0 bridgehead atoms. The van der Waals surface area contributed by atoms with Gasteiger partial charge in [0.1, 0.15) is 11.6 Å². The van der Waals surface area contributed by atoms with Crippen molar-refractivity contribution < 1.29 is 4.39 Å². The smallest absolute Gasteiger partial charge is 0.141 e. The summed E-state index contributed by atoms with van der Waals surface area (Å²) in [5.74, 6) is 0.635. The molecule has 5 heteroatoms. The number of nitrogens with zero attached hydrogens (tertiary/aromatic N) is 2. The second-order valence-corrected chi connectivity index (χ2v) is 5.42. The van der Waals surface area contributed by atoms with Gasteiger partial charge in [-0.15, -0.1) is 0 Å². The number of benzene rings is 1. The lowest BCUT2D eigenvalue weighted by Gasteiger charge is -2.19. The van der Waals surface area contributed by atoms with Crippen LogP contribution in [0.4, 0.5) is 4.39 Å². The fraction of sp³-hybridized carbons (Fsp3) is 0.438. The molecule has 114 valence electrons. The molecule has 21 heavy (non-hydrogen) atoms. The van der Waals surface area contributed by atoms with Crippen molar-refractivity contribution in [3.63, 3.8) is 0 Å². The van der Waals surface area contributed by atoms with Crippen LogP contribution in [0.25, 0.3) is 0 Å². The van der Waals surface area contributed by atoms with Crippen LogP contribution in [0.5, 0.6) is 0 Å². The first-order valence-corrected chi connectivity index (χ1v) is 7.71. The average molecular weight is 310 g/mol. The van der Waals surface area contributed by atoms with Crippen molar-refractivity contribution in [2.24, 2.45) is 0 Å². The zero-order valence-electron chi connectivity index (χ0n) is 12.4. The highest BCUT2D eigenvalue weighted by Crippen LogP contribution is 2.23. The molecule has 1 N–H and O–H groups in total. The Kier molecular flexibility index (Phi) is 5.76. The highest BCUT2D eigenvalue weighted by molar-refractivity contribution is 6.30. The fourth-order valence-electron chi connectivity index (χ4n) is 2.36. The van der Waals surface area contributed by atoms with Gasteiger partial charge in [0, 0.05) is 31.4 Å². The Morgan fingerprint density at radius 1 is 1.38 bits per heavy atom. The van der Waals surface area contributed by atoms with E-state index in [1.165, 1.54) is 6.07 Å². The summed E-state index contributed by atoms with van der Waals surface area (Å²) >= 11 is 5.91. The third-order valence-electron chi connectivity index (χ3n) is 3.52. The van der Waals surface area contributed by atoms with Gasteiger partial charge < -0.3 is 9.88 Å². The molecule has 0 radical (unpaired) electrons. The number of hydrogen-bond acceptors (Lipinski definition) is 2. The van der Waals surface area contributed by atoms with Gasteiger partial charge in [-0.3, -0.25) is 0 Å². The molecule has 0 aliphatic rings. The molecular weight excluding hydrogens is 289 g/mol. The van der Waals surface area contributed by atoms with Gasteiger partial charge in [0.15, 0.2) is 0 Å². The average Bonchev–Trinajstić information content (AvgIpc) is 2.93. The predicted octanol–water partition coefficient (Wildman–Crippen LogP) is 3.98. The first-order chi connectivity index (χ1) is 10.2. The van der Waals surface area contributed by atoms with Gasteiger partial charge in [0.2, 0.25) is 0 Å². The molecular formula is C16H21ClFN3. The summed E-state index contributed by atoms with van der Waals surface area (Å²) in [5, 5.41) is 3.65. The second-order valence-electron chi connectivity index (χ2n) is 5.01. The topological polar surface area (TPSA) is 29.9 Å². The van der Waals surface area contributed by atoms with E-state index in [0.717, 1.165) is 37.3 Å². The molecule has 3 nitrogen and oxygen atoms in total. The number of aryl methyl sites for hydroxylation is 1. The van der Waals surface area contributed by atoms with Crippen molar-refractivity contribution in [2.75, 3.05) is 6.54 Å². The van der Waals surface area contributed by atoms with Crippen molar-refractivity contribution in [1.82, 2.24) is 14.9 Å². The highest BCUT2D eigenvalue weighted by Gasteiger charge is 2.16. The van der Waals surface area contributed by atoms with Gasteiger partial charge in [-0.1, -0.05) is 24.6 Å². The van der Waals surface area contributed by atoms with Crippen molar-refractivity contribution >= 4 is 11.6 Å². The molecule has 1 aromatic heterocycles. The van der Waals surface area contributed by atoms with Crippen LogP contribution in [-0.4, -0.2) is 16.1 Å². The van der Waals surface area contributed by atoms with E-state index in [1.54, 1.807) is 12.1 Å². The van der Waals surface area contributed by atoms with Crippen LogP contribution in [0.2, 0.25) is 5.02 Å². The lowest BCUT2D eigenvalue weighted by atomic mass is 10.0. The zero-order valence-corrected chi connectivity index (χ0v) is 13.2. The summed E-state index contributed by atoms with van der Waals surface area (Å²) < 4.78 is 15.5. The third kappa shape index (κ3) is 4.05. The minimum Gasteiger partial charge on any atom is -0.335 e. The summed E-state index contributed by atoms with van der Waals surface area (Å²) in [7, 11) is 0. The van der Waals surface area contributed by atoms with Gasteiger partial charge in [0.05, 0.1) is 5.02 Å². The molecule has 0 saturated carbocycles. The monoisotopic (exact) mass is 309 g/mol. The Hall–Kier alpha value is -1.39. The summed E-state index contributed by atoms with van der Waals surface area (Å²) in [5.41, 5.74) is 0.987. The first-order valence-electron chi connectivity index (χ1n) is 7.34. The number of imidazole rings is 1. The Morgan fingerprint density at radius 3 is 2.86 bits per heavy atom. The van der Waals surface area contributed by atoms with E-state index in [1.807, 2.05) is 12.4 Å². The minimum atomic E-state index is -0.385. The van der Waals surface area contributed by atoms with Crippen LogP contribution in [-0.2, 0) is 13.0 Å². The van der Waals surface area contributed by atoms with E-state index >= 15 is 0 Å². The van der Waals surface area contributed by atoms with E-state index in [0.29, 0.717) is 0 Å². The van der Waals surface area contributed by atoms with Crippen molar-refractivity contribution in [3.8, 4) is 0 Å². The Balaban J connectivity index is 2.23. The van der Waals surface area contributed by atoms with Crippen molar-refractivity contribution in [1.29, 1.82) is 0 Å². The van der Waals surface area contributed by atoms with E-state index in [4.69, 9.17) is 11.6 Å². The van der Waals surface area contributed by atoms with Crippen molar-refractivity contribution in [2.45, 2.75) is 39.3 Å². The predicted molar refractivity (Wildman–Crippen MR) is 84.0 cm³/mol. The van der Waals surface area contributed by atoms with E-state index in [-0.39, 0.29) is 16.9 Å². The van der Waals surface area contributed by atoms with Crippen LogP contribution >= 0.6 is 11.6 Å². The van der Waals surface area contributed by atoms with Gasteiger partial charge in [-0.05, 0) is 37.6 Å². The van der Waals surface area contributed by atoms with E-state index in [2.05, 4.69) is 28.7 Å². The molecule has 1 aromatic carbocycles. The van der Waals surface area contributed by atoms with Gasteiger partial charge in [-0.25, -0.2) is 9.37 Å². The zero-order chi connectivity index (χ0) is 15.2. The number of hydrogen-bond donors (Lipinski definition) is 1. The van der Waals surface area contributed by atoms with Crippen LogP contribution in [0.15, 0.2) is 30.6 Å². The quantitative estimate of drug-likeness (QED) is 0.838. The molecule has 0 fully saturated rings. The normalized spacial score (nSPS) is 12.6. The minimum absolute atomic E-state index is 0.0794. The van der Waals surface area contributed by atoms with Crippen molar-refractivity contribution in [3.05, 3.63) is 52.8 Å².